The number of carbonyl (C=O) groups is 4. The van der Waals surface area contributed by atoms with Crippen LogP contribution in [0.25, 0.3) is 0 Å². The molecule has 202 valence electrons. The molecule has 0 aromatic heterocycles. The molecule has 1 fully saturated rings. The summed E-state index contributed by atoms with van der Waals surface area (Å²) in [5.74, 6) is -1.48. The molecule has 0 saturated carbocycles. The van der Waals surface area contributed by atoms with E-state index in [1.54, 1.807) is 0 Å². The number of hydrogen-bond donors (Lipinski definition) is 5. The average molecular weight is 496 g/mol. The van der Waals surface area contributed by atoms with Crippen molar-refractivity contribution < 1.29 is 19.2 Å². The third-order valence-electron chi connectivity index (χ3n) is 6.45. The lowest BCUT2D eigenvalue weighted by atomic mass is 9.99. The number of hydrogen-bond acceptors (Lipinski definition) is 5. The molecular formula is C26H49N5O4. The summed E-state index contributed by atoms with van der Waals surface area (Å²) in [6.45, 7) is 6.57. The number of carbonyl (C=O) groups excluding carboxylic acids is 4. The van der Waals surface area contributed by atoms with Crippen molar-refractivity contribution in [2.75, 3.05) is 20.1 Å². The monoisotopic (exact) mass is 495 g/mol. The van der Waals surface area contributed by atoms with Gasteiger partial charge in [-0.1, -0.05) is 65.7 Å². The lowest BCUT2D eigenvalue weighted by Gasteiger charge is -2.27. The fraction of sp³-hybridized carbons (Fsp3) is 0.846. The van der Waals surface area contributed by atoms with E-state index in [1.807, 2.05) is 20.9 Å². The smallest absolute Gasteiger partial charge is 0.243 e. The summed E-state index contributed by atoms with van der Waals surface area (Å²) in [6.07, 6.45) is 10.9. The molecule has 9 nitrogen and oxygen atoms in total. The van der Waals surface area contributed by atoms with Gasteiger partial charge in [0.2, 0.25) is 23.6 Å². The Morgan fingerprint density at radius 3 is 2.11 bits per heavy atom. The largest absolute Gasteiger partial charge is 0.351 e. The van der Waals surface area contributed by atoms with Gasteiger partial charge in [0.15, 0.2) is 0 Å². The van der Waals surface area contributed by atoms with E-state index < -0.39 is 18.0 Å². The quantitative estimate of drug-likeness (QED) is 0.236. The van der Waals surface area contributed by atoms with E-state index in [9.17, 15) is 19.2 Å². The average Bonchev–Trinajstić information content (AvgIpc) is 2.81. The molecule has 1 rings (SSSR count). The molecule has 0 radical (unpaired) electrons. The highest BCUT2D eigenvalue weighted by Gasteiger charge is 2.30. The van der Waals surface area contributed by atoms with E-state index in [2.05, 4.69) is 33.5 Å². The fourth-order valence-corrected chi connectivity index (χ4v) is 4.29. The second-order valence-electron chi connectivity index (χ2n) is 10.0. The van der Waals surface area contributed by atoms with Crippen molar-refractivity contribution in [2.45, 2.75) is 116 Å². The van der Waals surface area contributed by atoms with Gasteiger partial charge in [-0.2, -0.15) is 0 Å². The van der Waals surface area contributed by atoms with Gasteiger partial charge in [0, 0.05) is 12.5 Å². The molecule has 4 amide bonds. The van der Waals surface area contributed by atoms with Crippen LogP contribution in [0.3, 0.4) is 0 Å². The lowest BCUT2D eigenvalue weighted by Crippen LogP contribution is -2.56. The molecule has 9 heteroatoms. The third kappa shape index (κ3) is 13.5. The van der Waals surface area contributed by atoms with Gasteiger partial charge >= 0.3 is 0 Å². The Bertz CT molecular complexity index is 656. The Balaban J connectivity index is 2.86. The molecule has 35 heavy (non-hydrogen) atoms. The molecular weight excluding hydrogens is 446 g/mol. The molecule has 0 spiro atoms. The predicted octanol–water partition coefficient (Wildman–Crippen LogP) is 2.15. The normalized spacial score (nSPS) is 22.4. The standard InChI is InChI=1S/C26H49N5O4/c1-5-6-7-8-9-10-11-14-20-17-22(32)28-18-23(33)30-21(15-12-13-16-27-4)25(34)31-24(19(2)3)26(35)29-20/h19-21,24,27H,5-18H2,1-4H3,(H,28,32)(H,29,35)(H,30,33)(H,31,34)/t20-,21+,24+/m1/s1. The van der Waals surface area contributed by atoms with Crippen molar-refractivity contribution in [3.05, 3.63) is 0 Å². The first-order valence-electron chi connectivity index (χ1n) is 13.6. The maximum Gasteiger partial charge on any atom is 0.243 e. The van der Waals surface area contributed by atoms with E-state index in [4.69, 9.17) is 0 Å². The fourth-order valence-electron chi connectivity index (χ4n) is 4.29. The van der Waals surface area contributed by atoms with Crippen LogP contribution in [0.4, 0.5) is 0 Å². The van der Waals surface area contributed by atoms with Gasteiger partial charge in [-0.25, -0.2) is 0 Å². The van der Waals surface area contributed by atoms with E-state index >= 15 is 0 Å². The Kier molecular flexibility index (Phi) is 16.0. The van der Waals surface area contributed by atoms with Crippen molar-refractivity contribution in [3.63, 3.8) is 0 Å². The Morgan fingerprint density at radius 2 is 1.46 bits per heavy atom. The minimum Gasteiger partial charge on any atom is -0.351 e. The third-order valence-corrected chi connectivity index (χ3v) is 6.45. The van der Waals surface area contributed by atoms with Gasteiger partial charge in [0.25, 0.3) is 0 Å². The summed E-state index contributed by atoms with van der Waals surface area (Å²) >= 11 is 0. The number of rotatable bonds is 14. The van der Waals surface area contributed by atoms with Crippen LogP contribution in [0.5, 0.6) is 0 Å². The van der Waals surface area contributed by atoms with Gasteiger partial charge in [0.1, 0.15) is 12.1 Å². The lowest BCUT2D eigenvalue weighted by molar-refractivity contribution is -0.133. The van der Waals surface area contributed by atoms with Crippen molar-refractivity contribution >= 4 is 23.6 Å². The molecule has 3 atom stereocenters. The second-order valence-corrected chi connectivity index (χ2v) is 10.0. The van der Waals surface area contributed by atoms with Crippen LogP contribution in [-0.4, -0.2) is 61.9 Å². The van der Waals surface area contributed by atoms with Gasteiger partial charge in [-0.05, 0) is 45.2 Å². The van der Waals surface area contributed by atoms with Gasteiger partial charge in [-0.3, -0.25) is 19.2 Å². The minimum atomic E-state index is -0.755. The van der Waals surface area contributed by atoms with Crippen molar-refractivity contribution in [1.29, 1.82) is 0 Å². The molecule has 1 aliphatic rings. The Morgan fingerprint density at radius 1 is 0.800 bits per heavy atom. The van der Waals surface area contributed by atoms with Gasteiger partial charge in [0.05, 0.1) is 6.54 Å². The zero-order valence-corrected chi connectivity index (χ0v) is 22.3. The van der Waals surface area contributed by atoms with Crippen LogP contribution in [0, 0.1) is 5.92 Å². The van der Waals surface area contributed by atoms with Crippen molar-refractivity contribution in [2.24, 2.45) is 5.92 Å². The van der Waals surface area contributed by atoms with E-state index in [0.29, 0.717) is 12.8 Å². The van der Waals surface area contributed by atoms with Crippen molar-refractivity contribution in [1.82, 2.24) is 26.6 Å². The highest BCUT2D eigenvalue weighted by molar-refractivity contribution is 5.94. The summed E-state index contributed by atoms with van der Waals surface area (Å²) < 4.78 is 0. The topological polar surface area (TPSA) is 128 Å². The predicted molar refractivity (Wildman–Crippen MR) is 139 cm³/mol. The highest BCUT2D eigenvalue weighted by atomic mass is 16.2. The van der Waals surface area contributed by atoms with E-state index in [1.165, 1.54) is 25.7 Å². The molecule has 1 aliphatic heterocycles. The molecule has 0 unspecified atom stereocenters. The maximum absolute atomic E-state index is 13.1. The molecule has 5 N–H and O–H groups in total. The molecule has 0 aromatic rings. The van der Waals surface area contributed by atoms with Crippen LogP contribution in [0.15, 0.2) is 0 Å². The van der Waals surface area contributed by atoms with Crippen LogP contribution >= 0.6 is 0 Å². The van der Waals surface area contributed by atoms with Gasteiger partial charge in [-0.15, -0.1) is 0 Å². The maximum atomic E-state index is 13.1. The Labute approximate surface area is 211 Å². The first kappa shape index (κ1) is 30.9. The highest BCUT2D eigenvalue weighted by Crippen LogP contribution is 2.13. The summed E-state index contributed by atoms with van der Waals surface area (Å²) in [5.41, 5.74) is 0. The number of amides is 4. The summed E-state index contributed by atoms with van der Waals surface area (Å²) in [7, 11) is 1.86. The minimum absolute atomic E-state index is 0.112. The second kappa shape index (κ2) is 18.2. The summed E-state index contributed by atoms with van der Waals surface area (Å²) in [6, 6.07) is -1.83. The van der Waals surface area contributed by atoms with Crippen LogP contribution in [0.2, 0.25) is 0 Å². The summed E-state index contributed by atoms with van der Waals surface area (Å²) in [4.78, 5) is 51.2. The molecule has 0 bridgehead atoms. The zero-order chi connectivity index (χ0) is 26.1. The van der Waals surface area contributed by atoms with E-state index in [-0.39, 0.29) is 42.6 Å². The molecule has 1 heterocycles. The first-order chi connectivity index (χ1) is 16.8. The van der Waals surface area contributed by atoms with Crippen LogP contribution in [0.1, 0.15) is 97.8 Å². The van der Waals surface area contributed by atoms with Crippen LogP contribution < -0.4 is 26.6 Å². The number of nitrogens with one attached hydrogen (secondary N) is 5. The van der Waals surface area contributed by atoms with Gasteiger partial charge < -0.3 is 26.6 Å². The Hall–Kier alpha value is -2.16. The van der Waals surface area contributed by atoms with E-state index in [0.717, 1.165) is 38.6 Å². The number of unbranched alkanes of at least 4 members (excludes halogenated alkanes) is 7. The summed E-state index contributed by atoms with van der Waals surface area (Å²) in [5, 5.41) is 14.3. The SMILES string of the molecule is CCCCCCCCC[C@@H]1CC(=O)NCC(=O)N[C@@H](CCCCNC)C(=O)N[C@@H](C(C)C)C(=O)N1. The molecule has 1 saturated heterocycles. The zero-order valence-electron chi connectivity index (χ0n) is 22.3. The van der Waals surface area contributed by atoms with Crippen LogP contribution in [-0.2, 0) is 19.2 Å². The van der Waals surface area contributed by atoms with Crippen molar-refractivity contribution in [3.8, 4) is 0 Å². The molecule has 0 aromatic carbocycles. The first-order valence-corrected chi connectivity index (χ1v) is 13.6. The molecule has 0 aliphatic carbocycles.